The van der Waals surface area contributed by atoms with Gasteiger partial charge in [-0.2, -0.15) is 0 Å². The van der Waals surface area contributed by atoms with E-state index in [1.165, 1.54) is 16.9 Å². The molecular formula is C14H15NOS. The molecule has 1 aliphatic heterocycles. The fourth-order valence-corrected chi connectivity index (χ4v) is 4.67. The van der Waals surface area contributed by atoms with Crippen molar-refractivity contribution in [2.45, 2.75) is 31.8 Å². The summed E-state index contributed by atoms with van der Waals surface area (Å²) < 4.78 is 0. The summed E-state index contributed by atoms with van der Waals surface area (Å²) in [6.45, 7) is 6.20. The van der Waals surface area contributed by atoms with E-state index in [1.54, 1.807) is 11.3 Å². The van der Waals surface area contributed by atoms with Crippen LogP contribution in [-0.2, 0) is 0 Å². The van der Waals surface area contributed by atoms with Gasteiger partial charge in [-0.1, -0.05) is 12.2 Å². The van der Waals surface area contributed by atoms with Gasteiger partial charge in [-0.05, 0) is 37.8 Å². The van der Waals surface area contributed by atoms with E-state index in [9.17, 15) is 4.79 Å². The second-order valence-electron chi connectivity index (χ2n) is 5.57. The minimum atomic E-state index is 0.252. The minimum Gasteiger partial charge on any atom is -0.327 e. The van der Waals surface area contributed by atoms with Crippen LogP contribution in [0.2, 0.25) is 0 Å². The highest BCUT2D eigenvalue weighted by atomic mass is 32.1. The standard InChI is InChI=1S/C14H15NOS/c1-7-5-9-6-10(7)13-12(9)15(13)14(16)11-4-3-8(2)17-11/h3-4,9-10,12-13H,1,5-6H2,2H3/t9-,10-,12+,13-,15?/m1/s1. The molecule has 1 amide bonds. The van der Waals surface area contributed by atoms with Crippen molar-refractivity contribution in [2.75, 3.05) is 0 Å². The van der Waals surface area contributed by atoms with Gasteiger partial charge in [0, 0.05) is 10.8 Å². The van der Waals surface area contributed by atoms with Gasteiger partial charge < -0.3 is 4.90 Å². The van der Waals surface area contributed by atoms with Gasteiger partial charge >= 0.3 is 0 Å². The summed E-state index contributed by atoms with van der Waals surface area (Å²) in [4.78, 5) is 16.6. The van der Waals surface area contributed by atoms with Crippen LogP contribution in [0.3, 0.4) is 0 Å². The molecule has 1 aromatic rings. The lowest BCUT2D eigenvalue weighted by atomic mass is 9.96. The fraction of sp³-hybridized carbons (Fsp3) is 0.500. The number of aryl methyl sites for hydroxylation is 1. The molecule has 0 N–H and O–H groups in total. The van der Waals surface area contributed by atoms with Crippen LogP contribution in [0.1, 0.15) is 27.4 Å². The van der Waals surface area contributed by atoms with Gasteiger partial charge in [-0.3, -0.25) is 4.79 Å². The van der Waals surface area contributed by atoms with Crippen molar-refractivity contribution in [1.29, 1.82) is 0 Å². The second kappa shape index (κ2) is 3.02. The zero-order valence-electron chi connectivity index (χ0n) is 9.85. The Morgan fingerprint density at radius 1 is 1.47 bits per heavy atom. The van der Waals surface area contributed by atoms with Crippen molar-refractivity contribution in [1.82, 2.24) is 4.90 Å². The summed E-state index contributed by atoms with van der Waals surface area (Å²) >= 11 is 1.61. The van der Waals surface area contributed by atoms with Crippen LogP contribution in [0, 0.1) is 18.8 Å². The molecule has 0 radical (unpaired) electrons. The summed E-state index contributed by atoms with van der Waals surface area (Å²) in [5.41, 5.74) is 1.38. The maximum atomic E-state index is 12.4. The lowest BCUT2D eigenvalue weighted by molar-refractivity contribution is 0.0848. The summed E-state index contributed by atoms with van der Waals surface area (Å²) in [5, 5.41) is 0. The first-order valence-corrected chi connectivity index (χ1v) is 7.05. The molecule has 3 fully saturated rings. The fourth-order valence-electron chi connectivity index (χ4n) is 3.86. The van der Waals surface area contributed by atoms with Crippen molar-refractivity contribution in [2.24, 2.45) is 11.8 Å². The molecule has 1 saturated heterocycles. The molecule has 1 aromatic heterocycles. The number of nitrogens with zero attached hydrogens (tertiary/aromatic N) is 1. The average Bonchev–Trinajstić information content (AvgIpc) is 2.62. The Morgan fingerprint density at radius 2 is 2.29 bits per heavy atom. The number of thiophene rings is 1. The maximum absolute atomic E-state index is 12.4. The molecule has 2 aliphatic carbocycles. The van der Waals surface area contributed by atoms with Crippen molar-refractivity contribution in [3.05, 3.63) is 34.0 Å². The molecule has 0 aromatic carbocycles. The van der Waals surface area contributed by atoms with Gasteiger partial charge in [0.15, 0.2) is 0 Å². The summed E-state index contributed by atoms with van der Waals surface area (Å²) in [7, 11) is 0. The third-order valence-electron chi connectivity index (χ3n) is 4.59. The van der Waals surface area contributed by atoms with E-state index in [1.807, 2.05) is 12.1 Å². The molecule has 0 unspecified atom stereocenters. The second-order valence-corrected chi connectivity index (χ2v) is 6.86. The number of carbonyl (C=O) groups excluding carboxylic acids is 1. The number of carbonyl (C=O) groups is 1. The molecule has 2 bridgehead atoms. The Kier molecular flexibility index (Phi) is 1.76. The van der Waals surface area contributed by atoms with Crippen molar-refractivity contribution in [3.63, 3.8) is 0 Å². The van der Waals surface area contributed by atoms with Gasteiger partial charge in [0.2, 0.25) is 0 Å². The minimum absolute atomic E-state index is 0.252. The molecule has 3 heteroatoms. The van der Waals surface area contributed by atoms with E-state index in [0.717, 1.165) is 11.3 Å². The average molecular weight is 245 g/mol. The third kappa shape index (κ3) is 1.18. The number of hydrogen-bond donors (Lipinski definition) is 0. The molecule has 2 nitrogen and oxygen atoms in total. The van der Waals surface area contributed by atoms with Gasteiger partial charge in [0.1, 0.15) is 0 Å². The predicted octanol–water partition coefficient (Wildman–Crippen LogP) is 2.85. The van der Waals surface area contributed by atoms with Crippen molar-refractivity contribution in [3.8, 4) is 0 Å². The maximum Gasteiger partial charge on any atom is 0.264 e. The van der Waals surface area contributed by atoms with E-state index in [-0.39, 0.29) is 5.91 Å². The topological polar surface area (TPSA) is 20.1 Å². The van der Waals surface area contributed by atoms with E-state index < -0.39 is 0 Å². The lowest BCUT2D eigenvalue weighted by Gasteiger charge is -2.10. The Morgan fingerprint density at radius 3 is 2.94 bits per heavy atom. The first-order chi connectivity index (χ1) is 8.16. The van der Waals surface area contributed by atoms with Crippen LogP contribution in [0.4, 0.5) is 0 Å². The SMILES string of the molecule is C=C1C[C@@H]2C[C@H]1[C@@H]1[C@H]2N1C(=O)c1ccc(C)s1. The first kappa shape index (κ1) is 9.89. The smallest absolute Gasteiger partial charge is 0.264 e. The third-order valence-corrected chi connectivity index (χ3v) is 5.58. The van der Waals surface area contributed by atoms with E-state index >= 15 is 0 Å². The van der Waals surface area contributed by atoms with E-state index in [0.29, 0.717) is 23.9 Å². The summed E-state index contributed by atoms with van der Waals surface area (Å²) in [6, 6.07) is 5.04. The molecule has 17 heavy (non-hydrogen) atoms. The van der Waals surface area contributed by atoms with E-state index in [4.69, 9.17) is 0 Å². The first-order valence-electron chi connectivity index (χ1n) is 6.23. The van der Waals surface area contributed by atoms with Crippen LogP contribution >= 0.6 is 11.3 Å². The number of hydrogen-bond acceptors (Lipinski definition) is 2. The number of piperidine rings is 1. The number of likely N-dealkylation sites (tertiary alicyclic amines) is 1. The molecule has 2 saturated carbocycles. The summed E-state index contributed by atoms with van der Waals surface area (Å²) in [6.07, 6.45) is 2.43. The zero-order valence-corrected chi connectivity index (χ0v) is 10.7. The molecule has 0 spiro atoms. The molecule has 88 valence electrons. The van der Waals surface area contributed by atoms with Gasteiger partial charge in [-0.25, -0.2) is 0 Å². The molecule has 3 aliphatic rings. The van der Waals surface area contributed by atoms with E-state index in [2.05, 4.69) is 18.4 Å². The summed E-state index contributed by atoms with van der Waals surface area (Å²) in [5.74, 6) is 1.57. The van der Waals surface area contributed by atoms with Crippen molar-refractivity contribution >= 4 is 17.2 Å². The number of amides is 1. The molecule has 4 rings (SSSR count). The molecule has 4 atom stereocenters. The van der Waals surface area contributed by atoms with Gasteiger partial charge in [0.05, 0.1) is 17.0 Å². The van der Waals surface area contributed by atoms with Gasteiger partial charge in [0.25, 0.3) is 5.91 Å². The van der Waals surface area contributed by atoms with Crippen LogP contribution in [0.5, 0.6) is 0 Å². The number of rotatable bonds is 1. The highest BCUT2D eigenvalue weighted by molar-refractivity contribution is 7.13. The van der Waals surface area contributed by atoms with Crippen LogP contribution in [0.25, 0.3) is 0 Å². The van der Waals surface area contributed by atoms with Crippen LogP contribution < -0.4 is 0 Å². The highest BCUT2D eigenvalue weighted by Gasteiger charge is 2.66. The normalized spacial score (nSPS) is 37.5. The quantitative estimate of drug-likeness (QED) is 0.550. The monoisotopic (exact) mass is 245 g/mol. The lowest BCUT2D eigenvalue weighted by Crippen LogP contribution is -2.19. The van der Waals surface area contributed by atoms with Crippen LogP contribution in [-0.4, -0.2) is 22.9 Å². The Balaban J connectivity index is 1.60. The largest absolute Gasteiger partial charge is 0.327 e. The zero-order chi connectivity index (χ0) is 11.7. The van der Waals surface area contributed by atoms with Crippen molar-refractivity contribution < 1.29 is 4.79 Å². The number of fused-ring (bicyclic) bond motifs is 5. The van der Waals surface area contributed by atoms with Crippen LogP contribution in [0.15, 0.2) is 24.3 Å². The Hall–Kier alpha value is -1.09. The molecular weight excluding hydrogens is 230 g/mol. The molecule has 2 heterocycles. The highest BCUT2D eigenvalue weighted by Crippen LogP contribution is 2.60. The Bertz CT molecular complexity index is 532. The Labute approximate surface area is 105 Å². The van der Waals surface area contributed by atoms with Gasteiger partial charge in [-0.15, -0.1) is 11.3 Å². The predicted molar refractivity (Wildman–Crippen MR) is 68.2 cm³/mol.